The number of alkyl halides is 9. The minimum Gasteiger partial charge on any atom is -0.741 e. The molecule has 25 heavy (non-hydrogen) atoms. The van der Waals surface area contributed by atoms with E-state index in [0.29, 0.717) is 0 Å². The molecule has 0 rings (SSSR count). The Morgan fingerprint density at radius 3 is 0.480 bits per heavy atom. The van der Waals surface area contributed by atoms with E-state index in [1.165, 1.54) is 0 Å². The van der Waals surface area contributed by atoms with Gasteiger partial charge in [0.25, 0.3) is 0 Å². The quantitative estimate of drug-likeness (QED) is 0.162. The van der Waals surface area contributed by atoms with Crippen LogP contribution in [0.4, 0.5) is 39.5 Å². The fourth-order valence-corrected chi connectivity index (χ4v) is 0. The van der Waals surface area contributed by atoms with Gasteiger partial charge >= 0.3 is 35.4 Å². The predicted molar refractivity (Wildman–Crippen MR) is 47.3 cm³/mol. The molecule has 0 fully saturated rings. The largest absolute Gasteiger partial charge is 1.00 e. The maximum Gasteiger partial charge on any atom is 1.00 e. The molecule has 0 spiro atoms. The first-order chi connectivity index (χ1) is 9.75. The molecule has 0 radical (unpaired) electrons. The zero-order chi connectivity index (χ0) is 21.0. The Morgan fingerprint density at radius 2 is 0.480 bits per heavy atom. The Hall–Kier alpha value is -0.303. The number of rotatable bonds is 0. The van der Waals surface area contributed by atoms with Crippen molar-refractivity contribution in [3.05, 3.63) is 0 Å². The standard InChI is InChI=1S/3CHF3O3S.Li/c3*2-1(3,4)8(5,6)7;/h3*(H,5,6,7);/q;;;+1/p-3. The van der Waals surface area contributed by atoms with Gasteiger partial charge in [-0.15, -0.1) is 0 Å². The van der Waals surface area contributed by atoms with Crippen LogP contribution >= 0.6 is 0 Å². The van der Waals surface area contributed by atoms with Crippen molar-refractivity contribution >= 4 is 30.4 Å². The zero-order valence-electron chi connectivity index (χ0n) is 10.8. The summed E-state index contributed by atoms with van der Waals surface area (Å²) in [5.41, 5.74) is -16.9. The Balaban J connectivity index is -0.000000130. The molecule has 150 valence electrons. The summed E-state index contributed by atoms with van der Waals surface area (Å²) in [6.07, 6.45) is 0. The number of hydrogen-bond acceptors (Lipinski definition) is 9. The van der Waals surface area contributed by atoms with Crippen LogP contribution in [0.3, 0.4) is 0 Å². The SMILES string of the molecule is O=S(=O)([O-])C(F)(F)F.O=S(=O)([O-])C(F)(F)F.O=S(=O)([O-])C(F)(F)F.[Li+]. The summed E-state index contributed by atoms with van der Waals surface area (Å²) in [7, 11) is -18.3. The first kappa shape index (κ1) is 32.4. The van der Waals surface area contributed by atoms with E-state index in [1.807, 2.05) is 0 Å². The normalized spacial score (nSPS) is 13.4. The first-order valence-corrected chi connectivity index (χ1v) is 8.04. The van der Waals surface area contributed by atoms with Crippen LogP contribution in [0.25, 0.3) is 0 Å². The van der Waals surface area contributed by atoms with Crippen molar-refractivity contribution in [1.29, 1.82) is 0 Å². The zero-order valence-corrected chi connectivity index (χ0v) is 13.3. The molecule has 22 heteroatoms. The van der Waals surface area contributed by atoms with Gasteiger partial charge in [-0.05, 0) is 0 Å². The molecule has 0 N–H and O–H groups in total. The van der Waals surface area contributed by atoms with Crippen molar-refractivity contribution in [3.8, 4) is 0 Å². The molecule has 0 atom stereocenters. The fourth-order valence-electron chi connectivity index (χ4n) is 0. The molecule has 0 aromatic carbocycles. The van der Waals surface area contributed by atoms with Crippen LogP contribution in [-0.4, -0.2) is 55.4 Å². The Labute approximate surface area is 144 Å². The summed E-state index contributed by atoms with van der Waals surface area (Å²) in [6, 6.07) is 0. The van der Waals surface area contributed by atoms with E-state index in [2.05, 4.69) is 0 Å². The Bertz CT molecular complexity index is 596. The molecule has 0 saturated heterocycles. The third-order valence-electron chi connectivity index (χ3n) is 0.850. The topological polar surface area (TPSA) is 172 Å². The molecule has 9 nitrogen and oxygen atoms in total. The van der Waals surface area contributed by atoms with Crippen LogP contribution in [0.5, 0.6) is 0 Å². The molecule has 0 bridgehead atoms. The van der Waals surface area contributed by atoms with Gasteiger partial charge in [0, 0.05) is 0 Å². The van der Waals surface area contributed by atoms with Gasteiger partial charge in [-0.2, -0.15) is 39.5 Å². The molecule has 0 unspecified atom stereocenters. The average Bonchev–Trinajstić information content (AvgIpc) is 2.08. The van der Waals surface area contributed by atoms with Gasteiger partial charge in [0.2, 0.25) is 0 Å². The van der Waals surface area contributed by atoms with Gasteiger partial charge in [-0.3, -0.25) is 0 Å². The molecular formula is C3F9LiO9S3-2. The van der Waals surface area contributed by atoms with Crippen LogP contribution in [0.15, 0.2) is 0 Å². The first-order valence-electron chi connectivity index (χ1n) is 3.81. The van der Waals surface area contributed by atoms with Crippen LogP contribution in [0, 0.1) is 0 Å². The molecule has 0 aliphatic rings. The minimum atomic E-state index is -6.09. The third kappa shape index (κ3) is 15.7. The smallest absolute Gasteiger partial charge is 0.741 e. The maximum absolute atomic E-state index is 10.7. The second-order valence-corrected chi connectivity index (χ2v) is 6.81. The van der Waals surface area contributed by atoms with Gasteiger partial charge in [0.05, 0.1) is 0 Å². The van der Waals surface area contributed by atoms with Gasteiger partial charge in [0.15, 0.2) is 30.4 Å². The van der Waals surface area contributed by atoms with Crippen molar-refractivity contribution in [2.24, 2.45) is 0 Å². The third-order valence-corrected chi connectivity index (χ3v) is 2.55. The van der Waals surface area contributed by atoms with Crippen LogP contribution in [-0.2, 0) is 30.4 Å². The predicted octanol–water partition coefficient (Wildman–Crippen LogP) is -2.84. The fraction of sp³-hybridized carbons (Fsp3) is 1.00. The molecule has 0 amide bonds. The van der Waals surface area contributed by atoms with E-state index in [9.17, 15) is 39.5 Å². The summed E-state index contributed by atoms with van der Waals surface area (Å²) in [5.74, 6) is 0. The summed E-state index contributed by atoms with van der Waals surface area (Å²) in [5, 5.41) is 0. The molecule has 0 aromatic heterocycles. The van der Waals surface area contributed by atoms with Crippen molar-refractivity contribution in [2.75, 3.05) is 0 Å². The summed E-state index contributed by atoms with van der Waals surface area (Å²) < 4.78 is 177. The van der Waals surface area contributed by atoms with Crippen LogP contribution < -0.4 is 18.9 Å². The van der Waals surface area contributed by atoms with E-state index in [-0.39, 0.29) is 18.9 Å². The van der Waals surface area contributed by atoms with E-state index in [4.69, 9.17) is 38.9 Å². The molecule has 0 saturated carbocycles. The van der Waals surface area contributed by atoms with Crippen LogP contribution in [0.1, 0.15) is 0 Å². The van der Waals surface area contributed by atoms with E-state index in [1.54, 1.807) is 0 Å². The van der Waals surface area contributed by atoms with Gasteiger partial charge in [-0.25, -0.2) is 25.3 Å². The Morgan fingerprint density at radius 1 is 0.440 bits per heavy atom. The average molecular weight is 454 g/mol. The maximum atomic E-state index is 10.7. The van der Waals surface area contributed by atoms with Crippen molar-refractivity contribution in [1.82, 2.24) is 0 Å². The molecule has 0 aliphatic carbocycles. The van der Waals surface area contributed by atoms with E-state index >= 15 is 0 Å². The monoisotopic (exact) mass is 454 g/mol. The second kappa shape index (κ2) is 9.58. The molecule has 0 heterocycles. The summed E-state index contributed by atoms with van der Waals surface area (Å²) in [4.78, 5) is 0. The van der Waals surface area contributed by atoms with Crippen molar-refractivity contribution in [3.63, 3.8) is 0 Å². The molecule has 0 aromatic rings. The van der Waals surface area contributed by atoms with Gasteiger partial charge in [-0.1, -0.05) is 0 Å². The van der Waals surface area contributed by atoms with E-state index < -0.39 is 46.9 Å². The molecule has 0 aliphatic heterocycles. The number of halogens is 9. The second-order valence-electron chi connectivity index (χ2n) is 2.70. The van der Waals surface area contributed by atoms with E-state index in [0.717, 1.165) is 0 Å². The number of hydrogen-bond donors (Lipinski definition) is 0. The van der Waals surface area contributed by atoms with Gasteiger partial charge < -0.3 is 13.7 Å². The van der Waals surface area contributed by atoms with Crippen LogP contribution in [0.2, 0.25) is 0 Å². The van der Waals surface area contributed by atoms with Crippen molar-refractivity contribution < 1.29 is 97.3 Å². The summed E-state index contributed by atoms with van der Waals surface area (Å²) >= 11 is 0. The molecular weight excluding hydrogens is 454 g/mol. The minimum absolute atomic E-state index is 0. The van der Waals surface area contributed by atoms with Gasteiger partial charge in [0.1, 0.15) is 0 Å². The Kier molecular flexibility index (Phi) is 12.4. The van der Waals surface area contributed by atoms with Crippen molar-refractivity contribution in [2.45, 2.75) is 16.5 Å². The summed E-state index contributed by atoms with van der Waals surface area (Å²) in [6.45, 7) is 0.